The predicted molar refractivity (Wildman–Crippen MR) is 105 cm³/mol. The summed E-state index contributed by atoms with van der Waals surface area (Å²) >= 11 is 1.22. The Labute approximate surface area is 162 Å². The molecule has 0 atom stereocenters. The van der Waals surface area contributed by atoms with Crippen molar-refractivity contribution in [3.8, 4) is 5.75 Å². The van der Waals surface area contributed by atoms with Crippen LogP contribution >= 0.6 is 11.3 Å². The minimum absolute atomic E-state index is 0.0291. The summed E-state index contributed by atoms with van der Waals surface area (Å²) in [5.74, 6) is -0.495. The molecule has 0 fully saturated rings. The molecule has 0 unspecified atom stereocenters. The number of rotatable bonds is 7. The number of nitrogens with zero attached hydrogens (tertiary/aromatic N) is 2. The summed E-state index contributed by atoms with van der Waals surface area (Å²) in [6.07, 6.45) is 1.45. The first kappa shape index (κ1) is 19.0. The smallest absolute Gasteiger partial charge is 0.281 e. The molecule has 3 rings (SSSR count). The molecule has 1 heterocycles. The molecule has 3 aromatic rings. The van der Waals surface area contributed by atoms with Crippen molar-refractivity contribution in [2.45, 2.75) is 0 Å². The highest BCUT2D eigenvalue weighted by Crippen LogP contribution is 2.28. The van der Waals surface area contributed by atoms with Crippen LogP contribution in [0.15, 0.2) is 53.6 Å². The van der Waals surface area contributed by atoms with Crippen LogP contribution in [0.3, 0.4) is 0 Å². The SMILES string of the molecule is NC(=O)COc1ccc(/C=N\NC(=O)c2cc3cc([N+](=O)[O-])ccc3s2)cc1. The Kier molecular flexibility index (Phi) is 5.61. The molecule has 0 spiro atoms. The third kappa shape index (κ3) is 4.68. The van der Waals surface area contributed by atoms with E-state index < -0.39 is 16.7 Å². The number of non-ortho nitro benzene ring substituents is 1. The molecule has 0 bridgehead atoms. The Hall–Kier alpha value is -3.79. The maximum absolute atomic E-state index is 12.2. The van der Waals surface area contributed by atoms with Crippen molar-refractivity contribution < 1.29 is 19.2 Å². The van der Waals surface area contributed by atoms with Gasteiger partial charge in [0.2, 0.25) is 0 Å². The van der Waals surface area contributed by atoms with Gasteiger partial charge >= 0.3 is 0 Å². The zero-order valence-corrected chi connectivity index (χ0v) is 15.1. The Morgan fingerprint density at radius 3 is 2.64 bits per heavy atom. The molecule has 3 N–H and O–H groups in total. The van der Waals surface area contributed by atoms with Gasteiger partial charge in [-0.05, 0) is 42.0 Å². The van der Waals surface area contributed by atoms with Gasteiger partial charge in [0.25, 0.3) is 17.5 Å². The van der Waals surface area contributed by atoms with Gasteiger partial charge in [-0.3, -0.25) is 19.7 Å². The lowest BCUT2D eigenvalue weighted by Gasteiger charge is -2.03. The minimum atomic E-state index is -0.566. The topological polar surface area (TPSA) is 137 Å². The number of ether oxygens (including phenoxy) is 1. The molecule has 0 radical (unpaired) electrons. The van der Waals surface area contributed by atoms with Crippen molar-refractivity contribution >= 4 is 45.1 Å². The Balaban J connectivity index is 1.62. The van der Waals surface area contributed by atoms with Crippen molar-refractivity contribution in [1.29, 1.82) is 0 Å². The number of thiophene rings is 1. The fraction of sp³-hybridized carbons (Fsp3) is 0.0556. The van der Waals surface area contributed by atoms with Gasteiger partial charge in [0.05, 0.1) is 16.0 Å². The highest BCUT2D eigenvalue weighted by atomic mass is 32.1. The first-order chi connectivity index (χ1) is 13.4. The number of nitrogens with two attached hydrogens (primary N) is 1. The van der Waals surface area contributed by atoms with E-state index in [1.165, 1.54) is 29.7 Å². The maximum atomic E-state index is 12.2. The van der Waals surface area contributed by atoms with Gasteiger partial charge < -0.3 is 10.5 Å². The number of hydrogen-bond donors (Lipinski definition) is 2. The highest BCUT2D eigenvalue weighted by Gasteiger charge is 2.12. The van der Waals surface area contributed by atoms with Gasteiger partial charge in [0.15, 0.2) is 6.61 Å². The zero-order valence-electron chi connectivity index (χ0n) is 14.3. The summed E-state index contributed by atoms with van der Waals surface area (Å²) in [5, 5.41) is 15.4. The van der Waals surface area contributed by atoms with Gasteiger partial charge in [0.1, 0.15) is 5.75 Å². The lowest BCUT2D eigenvalue weighted by Crippen LogP contribution is -2.19. The number of hydrazone groups is 1. The third-order valence-corrected chi connectivity index (χ3v) is 4.69. The van der Waals surface area contributed by atoms with Crippen LogP contribution in [0.1, 0.15) is 15.2 Å². The molecule has 9 nitrogen and oxygen atoms in total. The van der Waals surface area contributed by atoms with E-state index in [4.69, 9.17) is 10.5 Å². The number of carbonyl (C=O) groups excluding carboxylic acids is 2. The van der Waals surface area contributed by atoms with E-state index in [-0.39, 0.29) is 12.3 Å². The fourth-order valence-electron chi connectivity index (χ4n) is 2.28. The number of nitrogens with one attached hydrogen (secondary N) is 1. The number of carbonyl (C=O) groups is 2. The molecule has 0 saturated heterocycles. The summed E-state index contributed by atoms with van der Waals surface area (Å²) in [6.45, 7) is -0.207. The zero-order chi connectivity index (χ0) is 20.1. The normalized spacial score (nSPS) is 10.9. The van der Waals surface area contributed by atoms with Crippen LogP contribution in [0, 0.1) is 10.1 Å². The van der Waals surface area contributed by atoms with Gasteiger partial charge in [-0.1, -0.05) is 0 Å². The van der Waals surface area contributed by atoms with E-state index in [1.807, 2.05) is 0 Å². The number of amides is 2. The molecule has 1 aromatic heterocycles. The van der Waals surface area contributed by atoms with Crippen molar-refractivity contribution in [3.63, 3.8) is 0 Å². The minimum Gasteiger partial charge on any atom is -0.484 e. The molecule has 2 amide bonds. The van der Waals surface area contributed by atoms with Crippen molar-refractivity contribution in [2.24, 2.45) is 10.8 Å². The monoisotopic (exact) mass is 398 g/mol. The van der Waals surface area contributed by atoms with Crippen molar-refractivity contribution in [2.75, 3.05) is 6.61 Å². The van der Waals surface area contributed by atoms with Crippen LogP contribution in [0.5, 0.6) is 5.75 Å². The summed E-state index contributed by atoms with van der Waals surface area (Å²) < 4.78 is 5.92. The van der Waals surface area contributed by atoms with Gasteiger partial charge in [0, 0.05) is 22.2 Å². The van der Waals surface area contributed by atoms with Crippen LogP contribution in [0.25, 0.3) is 10.1 Å². The molecule has 10 heteroatoms. The van der Waals surface area contributed by atoms with Crippen LogP contribution in [-0.4, -0.2) is 29.6 Å². The first-order valence-electron chi connectivity index (χ1n) is 7.95. The van der Waals surface area contributed by atoms with Gasteiger partial charge in [-0.25, -0.2) is 5.43 Å². The van der Waals surface area contributed by atoms with E-state index in [1.54, 1.807) is 36.4 Å². The van der Waals surface area contributed by atoms with E-state index in [0.717, 1.165) is 4.70 Å². The van der Waals surface area contributed by atoms with Crippen LogP contribution < -0.4 is 15.9 Å². The molecule has 0 aliphatic heterocycles. The number of benzene rings is 2. The first-order valence-corrected chi connectivity index (χ1v) is 8.76. The van der Waals surface area contributed by atoms with E-state index in [9.17, 15) is 19.7 Å². The van der Waals surface area contributed by atoms with Crippen LogP contribution in [0.2, 0.25) is 0 Å². The largest absolute Gasteiger partial charge is 0.484 e. The second-order valence-electron chi connectivity index (χ2n) is 5.61. The maximum Gasteiger partial charge on any atom is 0.281 e. The molecular formula is C18H14N4O5S. The van der Waals surface area contributed by atoms with Crippen LogP contribution in [0.4, 0.5) is 5.69 Å². The van der Waals surface area contributed by atoms with Gasteiger partial charge in [-0.2, -0.15) is 5.10 Å². The fourth-order valence-corrected chi connectivity index (χ4v) is 3.21. The summed E-state index contributed by atoms with van der Waals surface area (Å²) in [6, 6.07) is 12.7. The predicted octanol–water partition coefficient (Wildman–Crippen LogP) is 2.44. The van der Waals surface area contributed by atoms with Crippen molar-refractivity contribution in [1.82, 2.24) is 5.43 Å². The molecule has 0 aliphatic carbocycles. The molecule has 28 heavy (non-hydrogen) atoms. The summed E-state index contributed by atoms with van der Waals surface area (Å²) in [7, 11) is 0. The quantitative estimate of drug-likeness (QED) is 0.358. The lowest BCUT2D eigenvalue weighted by molar-refractivity contribution is -0.384. The molecule has 2 aromatic carbocycles. The van der Waals surface area contributed by atoms with Gasteiger partial charge in [-0.15, -0.1) is 11.3 Å². The van der Waals surface area contributed by atoms with E-state index in [0.29, 0.717) is 21.6 Å². The Morgan fingerprint density at radius 2 is 1.96 bits per heavy atom. The number of fused-ring (bicyclic) bond motifs is 1. The van der Waals surface area contributed by atoms with E-state index >= 15 is 0 Å². The molecule has 142 valence electrons. The molecular weight excluding hydrogens is 384 g/mol. The average molecular weight is 398 g/mol. The Morgan fingerprint density at radius 1 is 1.21 bits per heavy atom. The Bertz CT molecular complexity index is 1080. The highest BCUT2D eigenvalue weighted by molar-refractivity contribution is 7.20. The van der Waals surface area contributed by atoms with Crippen LogP contribution in [-0.2, 0) is 4.79 Å². The third-order valence-electron chi connectivity index (χ3n) is 3.58. The number of nitro benzene ring substituents is 1. The van der Waals surface area contributed by atoms with Crippen molar-refractivity contribution in [3.05, 3.63) is 69.1 Å². The lowest BCUT2D eigenvalue weighted by atomic mass is 10.2. The standard InChI is InChI=1S/C18H14N4O5S/c19-17(23)10-27-14-4-1-11(2-5-14)9-20-21-18(24)16-8-12-7-13(22(25)26)3-6-15(12)28-16/h1-9H,10H2,(H2,19,23)(H,21,24)/b20-9-. The molecule has 0 aliphatic rings. The molecule has 0 saturated carbocycles. The van der Waals surface area contributed by atoms with E-state index in [2.05, 4.69) is 10.5 Å². The number of primary amides is 1. The second-order valence-corrected chi connectivity index (χ2v) is 6.70. The average Bonchev–Trinajstić information content (AvgIpc) is 3.10. The summed E-state index contributed by atoms with van der Waals surface area (Å²) in [5.41, 5.74) is 8.10. The number of hydrogen-bond acceptors (Lipinski definition) is 7. The second kappa shape index (κ2) is 8.27. The summed E-state index contributed by atoms with van der Waals surface area (Å²) in [4.78, 5) is 33.6. The number of nitro groups is 1.